The van der Waals surface area contributed by atoms with Crippen molar-refractivity contribution in [2.24, 2.45) is 0 Å². The largest absolute Gasteiger partial charge is 0.349 e. The van der Waals surface area contributed by atoms with Gasteiger partial charge in [0.05, 0.1) is 5.92 Å². The number of rotatable bonds is 2. The molecule has 0 amide bonds. The molecule has 4 heteroatoms. The van der Waals surface area contributed by atoms with Crippen LogP contribution in [0.5, 0.6) is 0 Å². The third kappa shape index (κ3) is 1.78. The van der Waals surface area contributed by atoms with Gasteiger partial charge in [0.1, 0.15) is 0 Å². The predicted octanol–water partition coefficient (Wildman–Crippen LogP) is 3.18. The number of nitro groups is 1. The molecule has 1 aromatic carbocycles. The summed E-state index contributed by atoms with van der Waals surface area (Å²) in [6.07, 6.45) is 1.99. The first kappa shape index (κ1) is 12.6. The Labute approximate surface area is 107 Å². The molecule has 0 saturated heterocycles. The minimum Gasteiger partial charge on any atom is -0.349 e. The van der Waals surface area contributed by atoms with Gasteiger partial charge < -0.3 is 4.90 Å². The van der Waals surface area contributed by atoms with Gasteiger partial charge in [-0.15, -0.1) is 0 Å². The van der Waals surface area contributed by atoms with Gasteiger partial charge in [-0.05, 0) is 18.6 Å². The molecule has 0 aromatic heterocycles. The maximum atomic E-state index is 11.3. The van der Waals surface area contributed by atoms with E-state index < -0.39 is 5.54 Å². The van der Waals surface area contributed by atoms with E-state index in [1.807, 2.05) is 44.3 Å². The molecule has 0 spiro atoms. The number of hydrogen-bond acceptors (Lipinski definition) is 3. The molecule has 2 rings (SSSR count). The molecule has 1 heterocycles. The molecule has 1 unspecified atom stereocenters. The van der Waals surface area contributed by atoms with Crippen molar-refractivity contribution in [3.63, 3.8) is 0 Å². The van der Waals surface area contributed by atoms with Crippen LogP contribution in [0.1, 0.15) is 32.3 Å². The van der Waals surface area contributed by atoms with Crippen LogP contribution in [0.4, 0.5) is 5.69 Å². The van der Waals surface area contributed by atoms with Crippen LogP contribution in [0, 0.1) is 10.1 Å². The Balaban J connectivity index is 2.59. The van der Waals surface area contributed by atoms with Gasteiger partial charge in [-0.1, -0.05) is 24.3 Å². The summed E-state index contributed by atoms with van der Waals surface area (Å²) in [5.74, 6) is -0.195. The van der Waals surface area contributed by atoms with Crippen LogP contribution in [0.3, 0.4) is 0 Å². The summed E-state index contributed by atoms with van der Waals surface area (Å²) < 4.78 is 0. The summed E-state index contributed by atoms with van der Waals surface area (Å²) in [7, 11) is 1.99. The zero-order valence-electron chi connectivity index (χ0n) is 11.2. The van der Waals surface area contributed by atoms with Gasteiger partial charge >= 0.3 is 0 Å². The molecular formula is C14H18N2O2. The SMILES string of the molecule is CC1=CC(C(C)(C)[N+](=O)[O-])c2ccccc2N1C. The van der Waals surface area contributed by atoms with Crippen LogP contribution in [0.25, 0.3) is 0 Å². The van der Waals surface area contributed by atoms with E-state index in [4.69, 9.17) is 0 Å². The zero-order valence-corrected chi connectivity index (χ0v) is 11.2. The van der Waals surface area contributed by atoms with Crippen LogP contribution in [0.2, 0.25) is 0 Å². The Kier molecular flexibility index (Phi) is 2.89. The minimum atomic E-state index is -1.00. The van der Waals surface area contributed by atoms with Gasteiger partial charge in [0, 0.05) is 37.2 Å². The van der Waals surface area contributed by atoms with Crippen LogP contribution in [0.15, 0.2) is 36.0 Å². The van der Waals surface area contributed by atoms with Crippen LogP contribution < -0.4 is 4.90 Å². The fraction of sp³-hybridized carbons (Fsp3) is 0.429. The van der Waals surface area contributed by atoms with E-state index in [9.17, 15) is 10.1 Å². The van der Waals surface area contributed by atoms with E-state index in [1.165, 1.54) is 0 Å². The quantitative estimate of drug-likeness (QED) is 0.594. The van der Waals surface area contributed by atoms with Gasteiger partial charge in [-0.25, -0.2) is 0 Å². The molecule has 1 aromatic rings. The fourth-order valence-corrected chi connectivity index (χ4v) is 2.39. The van der Waals surface area contributed by atoms with Crippen molar-refractivity contribution in [1.82, 2.24) is 0 Å². The Morgan fingerprint density at radius 3 is 2.56 bits per heavy atom. The molecule has 4 nitrogen and oxygen atoms in total. The topological polar surface area (TPSA) is 46.4 Å². The predicted molar refractivity (Wildman–Crippen MR) is 72.4 cm³/mol. The summed E-state index contributed by atoms with van der Waals surface area (Å²) >= 11 is 0. The number of nitrogens with zero attached hydrogens (tertiary/aromatic N) is 2. The van der Waals surface area contributed by atoms with E-state index in [0.29, 0.717) is 0 Å². The monoisotopic (exact) mass is 246 g/mol. The van der Waals surface area contributed by atoms with Crippen LogP contribution in [-0.4, -0.2) is 17.5 Å². The summed E-state index contributed by atoms with van der Waals surface area (Å²) in [5.41, 5.74) is 2.12. The molecule has 0 N–H and O–H groups in total. The number of hydrogen-bond donors (Lipinski definition) is 0. The van der Waals surface area contributed by atoms with Gasteiger partial charge in [0.15, 0.2) is 0 Å². The first-order chi connectivity index (χ1) is 8.35. The van der Waals surface area contributed by atoms with E-state index in [0.717, 1.165) is 16.9 Å². The molecule has 1 atom stereocenters. The Hall–Kier alpha value is -1.84. The average molecular weight is 246 g/mol. The van der Waals surface area contributed by atoms with Crippen molar-refractivity contribution in [2.45, 2.75) is 32.2 Å². The highest BCUT2D eigenvalue weighted by Crippen LogP contribution is 2.42. The Morgan fingerprint density at radius 1 is 1.33 bits per heavy atom. The van der Waals surface area contributed by atoms with Crippen molar-refractivity contribution in [1.29, 1.82) is 0 Å². The minimum absolute atomic E-state index is 0.191. The Morgan fingerprint density at radius 2 is 1.94 bits per heavy atom. The number of fused-ring (bicyclic) bond motifs is 1. The van der Waals surface area contributed by atoms with Crippen LogP contribution in [-0.2, 0) is 0 Å². The molecule has 0 bridgehead atoms. The summed E-state index contributed by atoms with van der Waals surface area (Å²) in [5, 5.41) is 11.3. The highest BCUT2D eigenvalue weighted by molar-refractivity contribution is 5.63. The fourth-order valence-electron chi connectivity index (χ4n) is 2.39. The van der Waals surface area contributed by atoms with E-state index in [2.05, 4.69) is 4.90 Å². The third-order valence-corrected chi connectivity index (χ3v) is 3.80. The molecule has 0 saturated carbocycles. The van der Waals surface area contributed by atoms with Gasteiger partial charge in [-0.2, -0.15) is 0 Å². The second-order valence-electron chi connectivity index (χ2n) is 5.31. The maximum Gasteiger partial charge on any atom is 0.227 e. The molecular weight excluding hydrogens is 228 g/mol. The summed E-state index contributed by atoms with van der Waals surface area (Å²) in [6.45, 7) is 5.35. The van der Waals surface area contributed by atoms with Crippen molar-refractivity contribution in [3.05, 3.63) is 51.7 Å². The molecule has 0 radical (unpaired) electrons. The van der Waals surface area contributed by atoms with Gasteiger partial charge in [-0.3, -0.25) is 10.1 Å². The molecule has 1 aliphatic rings. The summed E-state index contributed by atoms with van der Waals surface area (Å²) in [4.78, 5) is 13.2. The summed E-state index contributed by atoms with van der Waals surface area (Å²) in [6, 6.07) is 7.88. The lowest BCUT2D eigenvalue weighted by atomic mass is 9.79. The first-order valence-electron chi connectivity index (χ1n) is 6.01. The first-order valence-corrected chi connectivity index (χ1v) is 6.01. The standard InChI is InChI=1S/C14H18N2O2/c1-10-9-12(14(2,3)16(17)18)11-7-5-6-8-13(11)15(10)4/h5-9,12H,1-4H3. The molecule has 96 valence electrons. The smallest absolute Gasteiger partial charge is 0.227 e. The van der Waals surface area contributed by atoms with Crippen LogP contribution >= 0.6 is 0 Å². The van der Waals surface area contributed by atoms with E-state index in [-0.39, 0.29) is 10.8 Å². The maximum absolute atomic E-state index is 11.3. The van der Waals surface area contributed by atoms with Crippen molar-refractivity contribution in [3.8, 4) is 0 Å². The highest BCUT2D eigenvalue weighted by Gasteiger charge is 2.43. The van der Waals surface area contributed by atoms with E-state index >= 15 is 0 Å². The van der Waals surface area contributed by atoms with E-state index in [1.54, 1.807) is 13.8 Å². The zero-order chi connectivity index (χ0) is 13.5. The van der Waals surface area contributed by atoms with Gasteiger partial charge in [0.25, 0.3) is 0 Å². The number of anilines is 1. The molecule has 18 heavy (non-hydrogen) atoms. The number of para-hydroxylation sites is 1. The molecule has 0 fully saturated rings. The Bertz CT molecular complexity index is 520. The van der Waals surface area contributed by atoms with Crippen molar-refractivity contribution >= 4 is 5.69 Å². The third-order valence-electron chi connectivity index (χ3n) is 3.80. The second-order valence-corrected chi connectivity index (χ2v) is 5.31. The highest BCUT2D eigenvalue weighted by atomic mass is 16.6. The molecule has 0 aliphatic carbocycles. The molecule has 1 aliphatic heterocycles. The lowest BCUT2D eigenvalue weighted by molar-refractivity contribution is -0.563. The average Bonchev–Trinajstić information content (AvgIpc) is 2.33. The van der Waals surface area contributed by atoms with Crippen molar-refractivity contribution in [2.75, 3.05) is 11.9 Å². The number of allylic oxidation sites excluding steroid dienone is 1. The van der Waals surface area contributed by atoms with Crippen molar-refractivity contribution < 1.29 is 4.92 Å². The lowest BCUT2D eigenvalue weighted by Crippen LogP contribution is -2.40. The number of benzene rings is 1. The lowest BCUT2D eigenvalue weighted by Gasteiger charge is -2.35. The second kappa shape index (κ2) is 4.12. The normalized spacial score (nSPS) is 19.2. The van der Waals surface area contributed by atoms with Gasteiger partial charge in [0.2, 0.25) is 5.54 Å².